The van der Waals surface area contributed by atoms with Gasteiger partial charge in [0.25, 0.3) is 0 Å². The van der Waals surface area contributed by atoms with Crippen LogP contribution < -0.4 is 4.74 Å². The van der Waals surface area contributed by atoms with E-state index in [-0.39, 0.29) is 17.1 Å². The second-order valence-electron chi connectivity index (χ2n) is 3.92. The maximum Gasteiger partial charge on any atom is 0.416 e. The summed E-state index contributed by atoms with van der Waals surface area (Å²) in [5.41, 5.74) is -0.547. The van der Waals surface area contributed by atoms with Crippen molar-refractivity contribution >= 4 is 17.9 Å². The SMILES string of the molecule is O=Cc1cc(Cl)ccc1Oc1ccc(C(F)(F)F)cc1. The molecule has 104 valence electrons. The van der Waals surface area contributed by atoms with Gasteiger partial charge in [0.1, 0.15) is 11.5 Å². The lowest BCUT2D eigenvalue weighted by Gasteiger charge is -2.10. The minimum atomic E-state index is -4.40. The number of hydrogen-bond donors (Lipinski definition) is 0. The van der Waals surface area contributed by atoms with Crippen molar-refractivity contribution in [3.05, 3.63) is 58.6 Å². The molecule has 2 aromatic rings. The van der Waals surface area contributed by atoms with Gasteiger partial charge in [0, 0.05) is 5.02 Å². The number of carbonyl (C=O) groups excluding carboxylic acids is 1. The number of aldehydes is 1. The van der Waals surface area contributed by atoms with Crippen LogP contribution in [0.5, 0.6) is 11.5 Å². The van der Waals surface area contributed by atoms with E-state index in [1.165, 1.54) is 30.3 Å². The van der Waals surface area contributed by atoms with Crippen molar-refractivity contribution < 1.29 is 22.7 Å². The molecule has 0 saturated heterocycles. The van der Waals surface area contributed by atoms with E-state index in [4.69, 9.17) is 16.3 Å². The molecule has 6 heteroatoms. The molecule has 20 heavy (non-hydrogen) atoms. The van der Waals surface area contributed by atoms with Gasteiger partial charge in [-0.15, -0.1) is 0 Å². The molecule has 0 fully saturated rings. The molecule has 0 aliphatic heterocycles. The normalized spacial score (nSPS) is 11.2. The first-order valence-corrected chi connectivity index (χ1v) is 5.88. The Balaban J connectivity index is 2.25. The summed E-state index contributed by atoms with van der Waals surface area (Å²) in [4.78, 5) is 10.9. The van der Waals surface area contributed by atoms with Gasteiger partial charge in [0.2, 0.25) is 0 Å². The van der Waals surface area contributed by atoms with Gasteiger partial charge in [0.05, 0.1) is 11.1 Å². The number of rotatable bonds is 3. The average Bonchev–Trinajstić information content (AvgIpc) is 2.40. The molecular formula is C14H8ClF3O2. The third-order valence-corrected chi connectivity index (χ3v) is 2.74. The molecule has 0 aliphatic carbocycles. The van der Waals surface area contributed by atoms with E-state index in [1.54, 1.807) is 0 Å². The fraction of sp³-hybridized carbons (Fsp3) is 0.0714. The molecule has 2 aromatic carbocycles. The van der Waals surface area contributed by atoms with Crippen molar-refractivity contribution in [2.24, 2.45) is 0 Å². The Morgan fingerprint density at radius 1 is 1.05 bits per heavy atom. The second-order valence-corrected chi connectivity index (χ2v) is 4.36. The summed E-state index contributed by atoms with van der Waals surface area (Å²) in [6.45, 7) is 0. The minimum absolute atomic E-state index is 0.198. The highest BCUT2D eigenvalue weighted by molar-refractivity contribution is 6.30. The molecule has 0 aliphatic rings. The van der Waals surface area contributed by atoms with Crippen molar-refractivity contribution in [1.29, 1.82) is 0 Å². The van der Waals surface area contributed by atoms with Crippen molar-refractivity contribution in [3.8, 4) is 11.5 Å². The third-order valence-electron chi connectivity index (χ3n) is 2.51. The zero-order chi connectivity index (χ0) is 14.8. The highest BCUT2D eigenvalue weighted by Gasteiger charge is 2.30. The molecule has 0 unspecified atom stereocenters. The van der Waals surface area contributed by atoms with Gasteiger partial charge in [-0.2, -0.15) is 13.2 Å². The monoisotopic (exact) mass is 300 g/mol. The lowest BCUT2D eigenvalue weighted by molar-refractivity contribution is -0.137. The first-order valence-electron chi connectivity index (χ1n) is 5.50. The van der Waals surface area contributed by atoms with Gasteiger partial charge >= 0.3 is 6.18 Å². The van der Waals surface area contributed by atoms with E-state index in [0.29, 0.717) is 11.3 Å². The lowest BCUT2D eigenvalue weighted by atomic mass is 10.2. The highest BCUT2D eigenvalue weighted by Crippen LogP contribution is 2.32. The summed E-state index contributed by atoms with van der Waals surface area (Å²) in [6, 6.07) is 8.60. The number of benzene rings is 2. The molecule has 0 amide bonds. The Bertz CT molecular complexity index is 621. The van der Waals surface area contributed by atoms with E-state index < -0.39 is 11.7 Å². The van der Waals surface area contributed by atoms with E-state index >= 15 is 0 Å². The summed E-state index contributed by atoms with van der Waals surface area (Å²) in [7, 11) is 0. The van der Waals surface area contributed by atoms with Gasteiger partial charge in [-0.3, -0.25) is 4.79 Å². The molecule has 0 aromatic heterocycles. The molecular weight excluding hydrogens is 293 g/mol. The molecule has 0 atom stereocenters. The topological polar surface area (TPSA) is 26.3 Å². The van der Waals surface area contributed by atoms with Crippen LogP contribution in [0.1, 0.15) is 15.9 Å². The highest BCUT2D eigenvalue weighted by atomic mass is 35.5. The minimum Gasteiger partial charge on any atom is -0.457 e. The van der Waals surface area contributed by atoms with Crippen LogP contribution in [0.2, 0.25) is 5.02 Å². The molecule has 2 rings (SSSR count). The number of hydrogen-bond acceptors (Lipinski definition) is 2. The Morgan fingerprint density at radius 3 is 2.25 bits per heavy atom. The van der Waals surface area contributed by atoms with Crippen LogP contribution in [0.3, 0.4) is 0 Å². The number of halogens is 4. The molecule has 0 bridgehead atoms. The van der Waals surface area contributed by atoms with Crippen LogP contribution in [-0.2, 0) is 6.18 Å². The van der Waals surface area contributed by atoms with E-state index in [1.807, 2.05) is 0 Å². The number of carbonyl (C=O) groups is 1. The van der Waals surface area contributed by atoms with E-state index in [0.717, 1.165) is 12.1 Å². The van der Waals surface area contributed by atoms with Crippen LogP contribution in [0.25, 0.3) is 0 Å². The molecule has 0 N–H and O–H groups in total. The maximum absolute atomic E-state index is 12.4. The first kappa shape index (κ1) is 14.4. The Labute approximate surface area is 117 Å². The molecule has 0 saturated carbocycles. The summed E-state index contributed by atoms with van der Waals surface area (Å²) >= 11 is 5.73. The summed E-state index contributed by atoms with van der Waals surface area (Å²) in [5.74, 6) is 0.424. The second kappa shape index (κ2) is 5.54. The molecule has 0 heterocycles. The van der Waals surface area contributed by atoms with Gasteiger partial charge in [-0.25, -0.2) is 0 Å². The molecule has 2 nitrogen and oxygen atoms in total. The van der Waals surface area contributed by atoms with Crippen LogP contribution >= 0.6 is 11.6 Å². The zero-order valence-corrected chi connectivity index (χ0v) is 10.7. The van der Waals surface area contributed by atoms with Crippen molar-refractivity contribution in [2.75, 3.05) is 0 Å². The quantitative estimate of drug-likeness (QED) is 0.749. The summed E-state index contributed by atoms with van der Waals surface area (Å²) < 4.78 is 42.6. The zero-order valence-electron chi connectivity index (χ0n) is 9.95. The Hall–Kier alpha value is -2.01. The van der Waals surface area contributed by atoms with Gasteiger partial charge in [0.15, 0.2) is 6.29 Å². The average molecular weight is 301 g/mol. The largest absolute Gasteiger partial charge is 0.457 e. The fourth-order valence-electron chi connectivity index (χ4n) is 1.54. The van der Waals surface area contributed by atoms with Crippen molar-refractivity contribution in [2.45, 2.75) is 6.18 Å². The third kappa shape index (κ3) is 3.30. The Morgan fingerprint density at radius 2 is 1.70 bits per heavy atom. The predicted octanol–water partition coefficient (Wildman–Crippen LogP) is 4.96. The fourth-order valence-corrected chi connectivity index (χ4v) is 1.72. The van der Waals surface area contributed by atoms with Crippen LogP contribution in [0, 0.1) is 0 Å². The number of ether oxygens (including phenoxy) is 1. The van der Waals surface area contributed by atoms with Gasteiger partial charge in [-0.1, -0.05) is 11.6 Å². The Kier molecular flexibility index (Phi) is 3.99. The molecule has 0 spiro atoms. The predicted molar refractivity (Wildman–Crippen MR) is 68.4 cm³/mol. The van der Waals surface area contributed by atoms with Gasteiger partial charge in [-0.05, 0) is 42.5 Å². The van der Waals surface area contributed by atoms with Crippen LogP contribution in [-0.4, -0.2) is 6.29 Å². The van der Waals surface area contributed by atoms with Gasteiger partial charge < -0.3 is 4.74 Å². The standard InChI is InChI=1S/C14H8ClF3O2/c15-11-3-6-13(9(7-11)8-19)20-12-4-1-10(2-5-12)14(16,17)18/h1-8H. The molecule has 0 radical (unpaired) electrons. The maximum atomic E-state index is 12.4. The van der Waals surface area contributed by atoms with Crippen LogP contribution in [0.15, 0.2) is 42.5 Å². The summed E-state index contributed by atoms with van der Waals surface area (Å²) in [5, 5.41) is 0.367. The van der Waals surface area contributed by atoms with E-state index in [9.17, 15) is 18.0 Å². The van der Waals surface area contributed by atoms with Crippen molar-refractivity contribution in [3.63, 3.8) is 0 Å². The van der Waals surface area contributed by atoms with Crippen molar-refractivity contribution in [1.82, 2.24) is 0 Å². The van der Waals surface area contributed by atoms with E-state index in [2.05, 4.69) is 0 Å². The summed E-state index contributed by atoms with van der Waals surface area (Å²) in [6.07, 6.45) is -3.84. The van der Waals surface area contributed by atoms with Crippen LogP contribution in [0.4, 0.5) is 13.2 Å². The smallest absolute Gasteiger partial charge is 0.416 e. The number of alkyl halides is 3. The lowest BCUT2D eigenvalue weighted by Crippen LogP contribution is -2.04. The first-order chi connectivity index (χ1) is 9.40.